The van der Waals surface area contributed by atoms with Gasteiger partial charge in [0.15, 0.2) is 0 Å². The van der Waals surface area contributed by atoms with Gasteiger partial charge in [0.2, 0.25) is 0 Å². The van der Waals surface area contributed by atoms with Gasteiger partial charge in [0.25, 0.3) is 10.0 Å². The van der Waals surface area contributed by atoms with Crippen LogP contribution in [0, 0.1) is 6.92 Å². The Balaban J connectivity index is 1.86. The number of nitrogens with zero attached hydrogens (tertiary/aromatic N) is 1. The average molecular weight is 354 g/mol. The van der Waals surface area contributed by atoms with Crippen molar-refractivity contribution in [3.8, 4) is 0 Å². The van der Waals surface area contributed by atoms with Crippen molar-refractivity contribution < 1.29 is 8.42 Å². The Labute approximate surface area is 149 Å². The molecule has 5 heteroatoms. The van der Waals surface area contributed by atoms with Crippen molar-refractivity contribution in [2.24, 2.45) is 5.10 Å². The minimum atomic E-state index is -3.67. The lowest BCUT2D eigenvalue weighted by Crippen LogP contribution is -2.21. The molecule has 25 heavy (non-hydrogen) atoms. The number of benzene rings is 2. The molecule has 1 aliphatic carbocycles. The SMILES string of the molecule is Cc1ccc(S(=O)(=O)N/N=C(/CC2=CCCC2)c2ccccc2)cc1. The second kappa shape index (κ2) is 7.66. The summed E-state index contributed by atoms with van der Waals surface area (Å²) in [5, 5.41) is 4.27. The molecule has 3 rings (SSSR count). The third-order valence-corrected chi connectivity index (χ3v) is 5.49. The summed E-state index contributed by atoms with van der Waals surface area (Å²) in [6, 6.07) is 16.4. The number of allylic oxidation sites excluding steroid dienone is 2. The molecule has 0 radical (unpaired) electrons. The molecule has 0 bridgehead atoms. The van der Waals surface area contributed by atoms with Gasteiger partial charge in [-0.05, 0) is 43.9 Å². The molecule has 1 N–H and O–H groups in total. The molecule has 0 heterocycles. The van der Waals surface area contributed by atoms with Crippen molar-refractivity contribution >= 4 is 15.7 Å². The molecule has 0 saturated carbocycles. The van der Waals surface area contributed by atoms with Crippen LogP contribution in [-0.4, -0.2) is 14.1 Å². The summed E-state index contributed by atoms with van der Waals surface area (Å²) in [7, 11) is -3.67. The highest BCUT2D eigenvalue weighted by molar-refractivity contribution is 7.89. The summed E-state index contributed by atoms with van der Waals surface area (Å²) in [6.45, 7) is 1.92. The van der Waals surface area contributed by atoms with E-state index < -0.39 is 10.0 Å². The summed E-state index contributed by atoms with van der Waals surface area (Å²) in [6.07, 6.45) is 6.20. The Kier molecular flexibility index (Phi) is 5.34. The maximum absolute atomic E-state index is 12.5. The Hall–Kier alpha value is -2.40. The van der Waals surface area contributed by atoms with Crippen molar-refractivity contribution in [3.05, 3.63) is 77.4 Å². The number of hydrogen-bond donors (Lipinski definition) is 1. The van der Waals surface area contributed by atoms with Crippen LogP contribution in [0.3, 0.4) is 0 Å². The molecule has 130 valence electrons. The first kappa shape index (κ1) is 17.4. The van der Waals surface area contributed by atoms with E-state index in [0.717, 1.165) is 36.1 Å². The van der Waals surface area contributed by atoms with E-state index in [-0.39, 0.29) is 4.90 Å². The maximum Gasteiger partial charge on any atom is 0.276 e. The van der Waals surface area contributed by atoms with Crippen LogP contribution >= 0.6 is 0 Å². The van der Waals surface area contributed by atoms with Crippen LogP contribution < -0.4 is 4.83 Å². The highest BCUT2D eigenvalue weighted by Crippen LogP contribution is 2.23. The predicted octanol–water partition coefficient (Wildman–Crippen LogP) is 4.18. The van der Waals surface area contributed by atoms with Gasteiger partial charge in [-0.3, -0.25) is 0 Å². The Morgan fingerprint density at radius 1 is 1.08 bits per heavy atom. The molecule has 0 amide bonds. The van der Waals surface area contributed by atoms with Gasteiger partial charge in [0.05, 0.1) is 10.6 Å². The highest BCUT2D eigenvalue weighted by atomic mass is 32.2. The van der Waals surface area contributed by atoms with Crippen LogP contribution in [0.2, 0.25) is 0 Å². The van der Waals surface area contributed by atoms with Gasteiger partial charge in [-0.2, -0.15) is 18.4 Å². The van der Waals surface area contributed by atoms with Crippen molar-refractivity contribution in [2.45, 2.75) is 37.5 Å². The first-order chi connectivity index (χ1) is 12.0. The van der Waals surface area contributed by atoms with Gasteiger partial charge < -0.3 is 0 Å². The lowest BCUT2D eigenvalue weighted by atomic mass is 10.0. The molecular formula is C20H22N2O2S. The topological polar surface area (TPSA) is 58.5 Å². The number of nitrogens with one attached hydrogen (secondary N) is 1. The highest BCUT2D eigenvalue weighted by Gasteiger charge is 2.15. The second-order valence-corrected chi connectivity index (χ2v) is 7.92. The van der Waals surface area contributed by atoms with E-state index in [2.05, 4.69) is 16.0 Å². The molecule has 0 fully saturated rings. The van der Waals surface area contributed by atoms with Crippen LogP contribution in [0.5, 0.6) is 0 Å². The van der Waals surface area contributed by atoms with Gasteiger partial charge in [0, 0.05) is 6.42 Å². The van der Waals surface area contributed by atoms with Crippen LogP contribution in [0.4, 0.5) is 0 Å². The molecule has 1 aliphatic rings. The minimum absolute atomic E-state index is 0.217. The van der Waals surface area contributed by atoms with Gasteiger partial charge >= 0.3 is 0 Å². The molecular weight excluding hydrogens is 332 g/mol. The first-order valence-corrected chi connectivity index (χ1v) is 9.91. The zero-order valence-corrected chi connectivity index (χ0v) is 15.1. The lowest BCUT2D eigenvalue weighted by Gasteiger charge is -2.10. The molecule has 0 aliphatic heterocycles. The van der Waals surface area contributed by atoms with Gasteiger partial charge in [-0.25, -0.2) is 0 Å². The Bertz CT molecular complexity index is 883. The number of hydrazone groups is 1. The van der Waals surface area contributed by atoms with E-state index >= 15 is 0 Å². The molecule has 0 unspecified atom stereocenters. The van der Waals surface area contributed by atoms with E-state index in [0.29, 0.717) is 6.42 Å². The fourth-order valence-electron chi connectivity index (χ4n) is 2.83. The number of rotatable bonds is 6. The van der Waals surface area contributed by atoms with E-state index in [1.54, 1.807) is 24.3 Å². The molecule has 0 saturated heterocycles. The fourth-order valence-corrected chi connectivity index (χ4v) is 3.67. The summed E-state index contributed by atoms with van der Waals surface area (Å²) >= 11 is 0. The monoisotopic (exact) mass is 354 g/mol. The fraction of sp³-hybridized carbons (Fsp3) is 0.250. The zero-order chi connectivity index (χ0) is 17.7. The molecule has 0 atom stereocenters. The van der Waals surface area contributed by atoms with Crippen LogP contribution in [0.25, 0.3) is 0 Å². The summed E-state index contributed by atoms with van der Waals surface area (Å²) in [5.74, 6) is 0. The maximum atomic E-state index is 12.5. The van der Waals surface area contributed by atoms with Crippen molar-refractivity contribution in [3.63, 3.8) is 0 Å². The van der Waals surface area contributed by atoms with E-state index in [4.69, 9.17) is 0 Å². The summed E-state index contributed by atoms with van der Waals surface area (Å²) < 4.78 is 25.0. The third kappa shape index (κ3) is 4.57. The van der Waals surface area contributed by atoms with Crippen LogP contribution in [0.15, 0.2) is 76.2 Å². The molecule has 0 spiro atoms. The average Bonchev–Trinajstić information content (AvgIpc) is 3.13. The van der Waals surface area contributed by atoms with Crippen molar-refractivity contribution in [1.29, 1.82) is 0 Å². The van der Waals surface area contributed by atoms with Crippen LogP contribution in [-0.2, 0) is 10.0 Å². The number of sulfonamides is 1. The first-order valence-electron chi connectivity index (χ1n) is 8.43. The zero-order valence-electron chi connectivity index (χ0n) is 14.3. The van der Waals surface area contributed by atoms with Gasteiger partial charge in [-0.1, -0.05) is 59.7 Å². The van der Waals surface area contributed by atoms with E-state index in [9.17, 15) is 8.42 Å². The summed E-state index contributed by atoms with van der Waals surface area (Å²) in [4.78, 5) is 2.62. The molecule has 0 aromatic heterocycles. The number of hydrogen-bond acceptors (Lipinski definition) is 3. The normalized spacial score (nSPS) is 15.1. The minimum Gasteiger partial charge on any atom is -0.200 e. The lowest BCUT2D eigenvalue weighted by molar-refractivity contribution is 0.584. The largest absolute Gasteiger partial charge is 0.276 e. The molecule has 2 aromatic carbocycles. The van der Waals surface area contributed by atoms with Crippen LogP contribution in [0.1, 0.15) is 36.8 Å². The predicted molar refractivity (Wildman–Crippen MR) is 101 cm³/mol. The quantitative estimate of drug-likeness (QED) is 0.481. The molecule has 4 nitrogen and oxygen atoms in total. The number of aryl methyl sites for hydroxylation is 1. The second-order valence-electron chi connectivity index (χ2n) is 6.26. The van der Waals surface area contributed by atoms with Gasteiger partial charge in [0.1, 0.15) is 0 Å². The Morgan fingerprint density at radius 2 is 1.80 bits per heavy atom. The standard InChI is InChI=1S/C20H22N2O2S/c1-16-11-13-19(14-12-16)25(23,24)22-21-20(15-17-7-5-6-8-17)18-9-3-2-4-10-18/h2-4,7,9-14,22H,5-6,8,15H2,1H3/b21-20-. The molecule has 2 aromatic rings. The Morgan fingerprint density at radius 3 is 2.44 bits per heavy atom. The van der Waals surface area contributed by atoms with Crippen molar-refractivity contribution in [1.82, 2.24) is 4.83 Å². The summed E-state index contributed by atoms with van der Waals surface area (Å²) in [5.41, 5.74) is 4.00. The smallest absolute Gasteiger partial charge is 0.200 e. The van der Waals surface area contributed by atoms with Gasteiger partial charge in [-0.15, -0.1) is 0 Å². The van der Waals surface area contributed by atoms with Crippen molar-refractivity contribution in [2.75, 3.05) is 0 Å². The van der Waals surface area contributed by atoms with E-state index in [1.165, 1.54) is 5.57 Å². The third-order valence-electron chi connectivity index (χ3n) is 4.27. The van der Waals surface area contributed by atoms with E-state index in [1.807, 2.05) is 37.3 Å².